The van der Waals surface area contributed by atoms with Crippen molar-refractivity contribution >= 4 is 17.7 Å². The molecule has 138 valence electrons. The number of benzene rings is 1. The van der Waals surface area contributed by atoms with Crippen molar-refractivity contribution in [1.29, 1.82) is 0 Å². The minimum Gasteiger partial charge on any atom is -0.352 e. The van der Waals surface area contributed by atoms with E-state index in [1.54, 1.807) is 12.1 Å². The Hall–Kier alpha value is -2.37. The first-order chi connectivity index (χ1) is 11.6. The normalized spacial score (nSPS) is 11.1. The van der Waals surface area contributed by atoms with Crippen LogP contribution in [0, 0.1) is 0 Å². The van der Waals surface area contributed by atoms with Crippen LogP contribution in [0.4, 0.5) is 0 Å². The van der Waals surface area contributed by atoms with Crippen molar-refractivity contribution in [3.8, 4) is 0 Å². The lowest BCUT2D eigenvalue weighted by molar-refractivity contribution is -0.126. The predicted molar refractivity (Wildman–Crippen MR) is 98.4 cm³/mol. The second-order valence-electron chi connectivity index (χ2n) is 7.33. The summed E-state index contributed by atoms with van der Waals surface area (Å²) in [6.45, 7) is 10.2. The Morgan fingerprint density at radius 2 is 1.56 bits per heavy atom. The molecular weight excluding hydrogens is 318 g/mol. The van der Waals surface area contributed by atoms with Gasteiger partial charge in [-0.2, -0.15) is 0 Å². The van der Waals surface area contributed by atoms with E-state index in [0.29, 0.717) is 5.56 Å². The van der Waals surface area contributed by atoms with Gasteiger partial charge in [0.2, 0.25) is 11.8 Å². The highest BCUT2D eigenvalue weighted by molar-refractivity contribution is 5.94. The average Bonchev–Trinajstić information content (AvgIpc) is 2.51. The third kappa shape index (κ3) is 7.83. The van der Waals surface area contributed by atoms with Gasteiger partial charge in [-0.1, -0.05) is 32.9 Å². The van der Waals surface area contributed by atoms with E-state index in [9.17, 15) is 14.4 Å². The minimum atomic E-state index is -0.276. The molecule has 3 N–H and O–H groups in total. The Kier molecular flexibility index (Phi) is 7.61. The van der Waals surface area contributed by atoms with Crippen LogP contribution in [0.1, 0.15) is 57.0 Å². The van der Waals surface area contributed by atoms with Crippen LogP contribution in [0.5, 0.6) is 0 Å². The van der Waals surface area contributed by atoms with Crippen molar-refractivity contribution < 1.29 is 14.4 Å². The molecule has 0 saturated carbocycles. The van der Waals surface area contributed by atoms with Gasteiger partial charge in [-0.15, -0.1) is 0 Å². The summed E-state index contributed by atoms with van der Waals surface area (Å²) in [5.41, 5.74) is 1.75. The van der Waals surface area contributed by atoms with E-state index in [1.807, 2.05) is 26.0 Å². The topological polar surface area (TPSA) is 87.3 Å². The summed E-state index contributed by atoms with van der Waals surface area (Å²) in [6, 6.07) is 7.48. The van der Waals surface area contributed by atoms with Crippen molar-refractivity contribution in [2.45, 2.75) is 52.5 Å². The van der Waals surface area contributed by atoms with Crippen LogP contribution in [0.3, 0.4) is 0 Å². The van der Waals surface area contributed by atoms with E-state index in [1.165, 1.54) is 0 Å². The predicted octanol–water partition coefficient (Wildman–Crippen LogP) is 1.74. The molecule has 6 nitrogen and oxygen atoms in total. The quantitative estimate of drug-likeness (QED) is 0.702. The molecule has 0 radical (unpaired) electrons. The summed E-state index contributed by atoms with van der Waals surface area (Å²) in [7, 11) is 0. The first kappa shape index (κ1) is 20.7. The molecule has 0 aromatic heterocycles. The Morgan fingerprint density at radius 3 is 2.08 bits per heavy atom. The summed E-state index contributed by atoms with van der Waals surface area (Å²) in [5.74, 6) is -0.723. The maximum atomic E-state index is 12.1. The molecule has 0 bridgehead atoms. The van der Waals surface area contributed by atoms with Gasteiger partial charge in [0, 0.05) is 24.6 Å². The van der Waals surface area contributed by atoms with Crippen molar-refractivity contribution in [3.05, 3.63) is 35.4 Å². The molecule has 0 aliphatic heterocycles. The Labute approximate surface area is 149 Å². The van der Waals surface area contributed by atoms with E-state index < -0.39 is 0 Å². The fraction of sp³-hybridized carbons (Fsp3) is 0.526. The van der Waals surface area contributed by atoms with Gasteiger partial charge in [-0.05, 0) is 37.0 Å². The third-order valence-electron chi connectivity index (χ3n) is 3.55. The molecule has 1 rings (SSSR count). The molecule has 1 aromatic carbocycles. The zero-order valence-corrected chi connectivity index (χ0v) is 15.7. The van der Waals surface area contributed by atoms with Gasteiger partial charge in [0.05, 0.1) is 6.54 Å². The van der Waals surface area contributed by atoms with E-state index in [0.717, 1.165) is 5.56 Å². The molecule has 0 aliphatic rings. The third-order valence-corrected chi connectivity index (χ3v) is 3.55. The zero-order valence-electron chi connectivity index (χ0n) is 15.7. The van der Waals surface area contributed by atoms with E-state index in [-0.39, 0.29) is 48.7 Å². The van der Waals surface area contributed by atoms with Crippen LogP contribution in [0.25, 0.3) is 0 Å². The highest BCUT2D eigenvalue weighted by Gasteiger charge is 2.14. The molecule has 0 saturated heterocycles. The molecule has 0 unspecified atom stereocenters. The van der Waals surface area contributed by atoms with Crippen LogP contribution in [0.2, 0.25) is 0 Å². The molecular formula is C19H29N3O3. The van der Waals surface area contributed by atoms with Gasteiger partial charge in [0.1, 0.15) is 0 Å². The number of hydrogen-bond acceptors (Lipinski definition) is 3. The molecule has 0 heterocycles. The SMILES string of the molecule is CC(C)NC(=O)CNC(=O)CCNC(=O)c1ccc(C(C)(C)C)cc1. The van der Waals surface area contributed by atoms with Crippen LogP contribution < -0.4 is 16.0 Å². The zero-order chi connectivity index (χ0) is 19.0. The van der Waals surface area contributed by atoms with E-state index in [4.69, 9.17) is 0 Å². The Balaban J connectivity index is 2.34. The lowest BCUT2D eigenvalue weighted by Crippen LogP contribution is -2.40. The molecule has 6 heteroatoms. The highest BCUT2D eigenvalue weighted by atomic mass is 16.2. The van der Waals surface area contributed by atoms with E-state index >= 15 is 0 Å². The maximum absolute atomic E-state index is 12.1. The average molecular weight is 347 g/mol. The first-order valence-corrected chi connectivity index (χ1v) is 8.54. The van der Waals surface area contributed by atoms with Crippen molar-refractivity contribution in [1.82, 2.24) is 16.0 Å². The summed E-state index contributed by atoms with van der Waals surface area (Å²) in [4.78, 5) is 35.2. The Bertz CT molecular complexity index is 601. The van der Waals surface area contributed by atoms with Crippen LogP contribution >= 0.6 is 0 Å². The molecule has 0 aliphatic carbocycles. The molecule has 0 spiro atoms. The second kappa shape index (κ2) is 9.20. The summed E-state index contributed by atoms with van der Waals surface area (Å²) >= 11 is 0. The summed E-state index contributed by atoms with van der Waals surface area (Å²) in [6.07, 6.45) is 0.126. The fourth-order valence-electron chi connectivity index (χ4n) is 2.15. The summed E-state index contributed by atoms with van der Waals surface area (Å²) < 4.78 is 0. The minimum absolute atomic E-state index is 0.0355. The highest BCUT2D eigenvalue weighted by Crippen LogP contribution is 2.22. The largest absolute Gasteiger partial charge is 0.352 e. The van der Waals surface area contributed by atoms with Crippen molar-refractivity contribution in [3.63, 3.8) is 0 Å². The maximum Gasteiger partial charge on any atom is 0.251 e. The van der Waals surface area contributed by atoms with Crippen LogP contribution in [-0.2, 0) is 15.0 Å². The summed E-state index contributed by atoms with van der Waals surface area (Å²) in [5, 5.41) is 7.92. The molecule has 1 aromatic rings. The van der Waals surface area contributed by atoms with Gasteiger partial charge in [-0.3, -0.25) is 14.4 Å². The van der Waals surface area contributed by atoms with Gasteiger partial charge < -0.3 is 16.0 Å². The first-order valence-electron chi connectivity index (χ1n) is 8.54. The van der Waals surface area contributed by atoms with Gasteiger partial charge in [-0.25, -0.2) is 0 Å². The number of amides is 3. The Morgan fingerprint density at radius 1 is 0.960 bits per heavy atom. The number of carbonyl (C=O) groups is 3. The number of carbonyl (C=O) groups excluding carboxylic acids is 3. The number of nitrogens with one attached hydrogen (secondary N) is 3. The lowest BCUT2D eigenvalue weighted by atomic mass is 9.87. The fourth-order valence-corrected chi connectivity index (χ4v) is 2.15. The van der Waals surface area contributed by atoms with Gasteiger partial charge >= 0.3 is 0 Å². The monoisotopic (exact) mass is 347 g/mol. The molecule has 3 amide bonds. The second-order valence-corrected chi connectivity index (χ2v) is 7.33. The van der Waals surface area contributed by atoms with Gasteiger partial charge in [0.15, 0.2) is 0 Å². The standard InChI is InChI=1S/C19H29N3O3/c1-13(2)22-17(24)12-21-16(23)10-11-20-18(25)14-6-8-15(9-7-14)19(3,4)5/h6-9,13H,10-12H2,1-5H3,(H,20,25)(H,21,23)(H,22,24). The van der Waals surface area contributed by atoms with Crippen LogP contribution in [0.15, 0.2) is 24.3 Å². The van der Waals surface area contributed by atoms with Crippen molar-refractivity contribution in [2.24, 2.45) is 0 Å². The number of rotatable bonds is 7. The van der Waals surface area contributed by atoms with Gasteiger partial charge in [0.25, 0.3) is 5.91 Å². The number of hydrogen-bond donors (Lipinski definition) is 3. The van der Waals surface area contributed by atoms with Crippen LogP contribution in [-0.4, -0.2) is 36.9 Å². The molecule has 0 atom stereocenters. The van der Waals surface area contributed by atoms with E-state index in [2.05, 4.69) is 36.7 Å². The molecule has 0 fully saturated rings. The van der Waals surface area contributed by atoms with Crippen molar-refractivity contribution in [2.75, 3.05) is 13.1 Å². The lowest BCUT2D eigenvalue weighted by Gasteiger charge is -2.19. The molecule has 25 heavy (non-hydrogen) atoms. The smallest absolute Gasteiger partial charge is 0.251 e.